The van der Waals surface area contributed by atoms with E-state index in [1.807, 2.05) is 0 Å². The van der Waals surface area contributed by atoms with E-state index in [2.05, 4.69) is 36.5 Å². The number of likely N-dealkylation sites (N-methyl/N-ethyl adjacent to an activating group) is 1. The number of ether oxygens (including phenoxy) is 2. The molecular formula is C17H25NO2. The Morgan fingerprint density at radius 1 is 1.20 bits per heavy atom. The summed E-state index contributed by atoms with van der Waals surface area (Å²) in [5.74, 6) is 0.653. The fourth-order valence-electron chi connectivity index (χ4n) is 3.55. The van der Waals surface area contributed by atoms with E-state index in [9.17, 15) is 0 Å². The molecule has 20 heavy (non-hydrogen) atoms. The molecule has 0 aliphatic carbocycles. The Morgan fingerprint density at radius 3 is 2.80 bits per heavy atom. The summed E-state index contributed by atoms with van der Waals surface area (Å²) < 4.78 is 11.7. The van der Waals surface area contributed by atoms with Crippen molar-refractivity contribution < 1.29 is 9.47 Å². The summed E-state index contributed by atoms with van der Waals surface area (Å²) in [4.78, 5) is 0. The third-order valence-electron chi connectivity index (χ3n) is 4.57. The molecule has 2 aliphatic heterocycles. The Bertz CT molecular complexity index is 429. The monoisotopic (exact) mass is 275 g/mol. The number of nitrogens with one attached hydrogen (secondary N) is 1. The molecule has 0 bridgehead atoms. The summed E-state index contributed by atoms with van der Waals surface area (Å²) in [6.07, 6.45) is 3.52. The van der Waals surface area contributed by atoms with Crippen molar-refractivity contribution in [3.8, 4) is 0 Å². The first-order valence-electron chi connectivity index (χ1n) is 7.90. The molecule has 1 fully saturated rings. The van der Waals surface area contributed by atoms with Crippen LogP contribution in [0.1, 0.15) is 37.0 Å². The molecule has 0 radical (unpaired) electrons. The lowest BCUT2D eigenvalue weighted by Gasteiger charge is -2.39. The Kier molecular flexibility index (Phi) is 4.71. The number of benzene rings is 1. The van der Waals surface area contributed by atoms with Gasteiger partial charge in [-0.3, -0.25) is 0 Å². The molecule has 3 heteroatoms. The Morgan fingerprint density at radius 2 is 2.00 bits per heavy atom. The standard InChI is InChI=1S/C17H25NO2/c1-2-18-16(14-7-10-19-11-8-14)17-15-6-4-3-5-13(15)9-12-20-17/h3-6,14,16-18H,2,7-12H2,1H3. The van der Waals surface area contributed by atoms with Crippen LogP contribution in [0.2, 0.25) is 0 Å². The van der Waals surface area contributed by atoms with Gasteiger partial charge >= 0.3 is 0 Å². The first kappa shape index (κ1) is 14.1. The zero-order valence-electron chi connectivity index (χ0n) is 12.3. The lowest BCUT2D eigenvalue weighted by atomic mass is 9.83. The highest BCUT2D eigenvalue weighted by atomic mass is 16.5. The molecule has 1 aromatic rings. The van der Waals surface area contributed by atoms with Gasteiger partial charge in [0.1, 0.15) is 0 Å². The maximum Gasteiger partial charge on any atom is 0.0983 e. The molecule has 0 spiro atoms. The summed E-state index contributed by atoms with van der Waals surface area (Å²) in [7, 11) is 0. The minimum Gasteiger partial charge on any atom is -0.381 e. The molecular weight excluding hydrogens is 250 g/mol. The molecule has 1 aromatic carbocycles. The molecule has 1 N–H and O–H groups in total. The van der Waals surface area contributed by atoms with Gasteiger partial charge in [-0.05, 0) is 42.9 Å². The van der Waals surface area contributed by atoms with Gasteiger partial charge in [-0.25, -0.2) is 0 Å². The topological polar surface area (TPSA) is 30.5 Å². The first-order chi connectivity index (χ1) is 9.90. The molecule has 110 valence electrons. The van der Waals surface area contributed by atoms with Crippen LogP contribution in [0.25, 0.3) is 0 Å². The Balaban J connectivity index is 1.84. The van der Waals surface area contributed by atoms with Crippen molar-refractivity contribution in [1.29, 1.82) is 0 Å². The third kappa shape index (κ3) is 2.90. The highest BCUT2D eigenvalue weighted by Gasteiger charge is 2.34. The average Bonchev–Trinajstić information content (AvgIpc) is 2.53. The van der Waals surface area contributed by atoms with Crippen molar-refractivity contribution >= 4 is 0 Å². The highest BCUT2D eigenvalue weighted by Crippen LogP contribution is 2.35. The number of fused-ring (bicyclic) bond motifs is 1. The van der Waals surface area contributed by atoms with Gasteiger partial charge in [-0.1, -0.05) is 31.2 Å². The smallest absolute Gasteiger partial charge is 0.0983 e. The Hall–Kier alpha value is -0.900. The van der Waals surface area contributed by atoms with Crippen LogP contribution in [0.15, 0.2) is 24.3 Å². The van der Waals surface area contributed by atoms with E-state index in [0.29, 0.717) is 12.0 Å². The minimum absolute atomic E-state index is 0.197. The summed E-state index contributed by atoms with van der Waals surface area (Å²) in [6, 6.07) is 9.16. The predicted molar refractivity (Wildman–Crippen MR) is 79.8 cm³/mol. The van der Waals surface area contributed by atoms with Crippen molar-refractivity contribution in [1.82, 2.24) is 5.32 Å². The van der Waals surface area contributed by atoms with Crippen molar-refractivity contribution in [3.05, 3.63) is 35.4 Å². The van der Waals surface area contributed by atoms with Crippen molar-refractivity contribution in [3.63, 3.8) is 0 Å². The molecule has 3 nitrogen and oxygen atoms in total. The number of rotatable bonds is 4. The van der Waals surface area contributed by atoms with Gasteiger partial charge in [-0.2, -0.15) is 0 Å². The fourth-order valence-corrected chi connectivity index (χ4v) is 3.55. The zero-order chi connectivity index (χ0) is 13.8. The van der Waals surface area contributed by atoms with Gasteiger partial charge in [-0.15, -0.1) is 0 Å². The van der Waals surface area contributed by atoms with Crippen LogP contribution in [-0.2, 0) is 15.9 Å². The molecule has 0 amide bonds. The van der Waals surface area contributed by atoms with Crippen LogP contribution in [-0.4, -0.2) is 32.4 Å². The Labute approximate surface area is 121 Å². The summed E-state index contributed by atoms with van der Waals surface area (Å²) in [6.45, 7) is 5.79. The summed E-state index contributed by atoms with van der Waals surface area (Å²) >= 11 is 0. The molecule has 3 rings (SSSR count). The maximum absolute atomic E-state index is 6.17. The first-order valence-corrected chi connectivity index (χ1v) is 7.90. The van der Waals surface area contributed by atoms with Gasteiger partial charge in [0.25, 0.3) is 0 Å². The van der Waals surface area contributed by atoms with Gasteiger partial charge in [0.15, 0.2) is 0 Å². The normalized spacial score (nSPS) is 25.1. The molecule has 0 saturated carbocycles. The van der Waals surface area contributed by atoms with E-state index in [0.717, 1.165) is 45.6 Å². The van der Waals surface area contributed by atoms with Gasteiger partial charge in [0.2, 0.25) is 0 Å². The zero-order valence-corrected chi connectivity index (χ0v) is 12.3. The molecule has 0 aromatic heterocycles. The maximum atomic E-state index is 6.17. The molecule has 2 heterocycles. The van der Waals surface area contributed by atoms with Crippen molar-refractivity contribution in [2.24, 2.45) is 5.92 Å². The van der Waals surface area contributed by atoms with Crippen LogP contribution in [0.5, 0.6) is 0 Å². The molecule has 2 unspecified atom stereocenters. The number of hydrogen-bond acceptors (Lipinski definition) is 3. The van der Waals surface area contributed by atoms with E-state index in [-0.39, 0.29) is 6.10 Å². The van der Waals surface area contributed by atoms with E-state index in [1.165, 1.54) is 11.1 Å². The molecule has 2 atom stereocenters. The summed E-state index contributed by atoms with van der Waals surface area (Å²) in [5, 5.41) is 3.68. The van der Waals surface area contributed by atoms with Crippen LogP contribution < -0.4 is 5.32 Å². The number of hydrogen-bond donors (Lipinski definition) is 1. The van der Waals surface area contributed by atoms with Crippen molar-refractivity contribution in [2.75, 3.05) is 26.4 Å². The van der Waals surface area contributed by atoms with Crippen LogP contribution in [0.3, 0.4) is 0 Å². The lowest BCUT2D eigenvalue weighted by Crippen LogP contribution is -2.45. The van der Waals surface area contributed by atoms with Crippen molar-refractivity contribution in [2.45, 2.75) is 38.3 Å². The third-order valence-corrected chi connectivity index (χ3v) is 4.57. The van der Waals surface area contributed by atoms with E-state index in [1.54, 1.807) is 0 Å². The highest BCUT2D eigenvalue weighted by molar-refractivity contribution is 5.32. The summed E-state index contributed by atoms with van der Waals surface area (Å²) in [5.41, 5.74) is 2.84. The largest absolute Gasteiger partial charge is 0.381 e. The van der Waals surface area contributed by atoms with Gasteiger partial charge in [0, 0.05) is 19.3 Å². The van der Waals surface area contributed by atoms with Crippen LogP contribution in [0, 0.1) is 5.92 Å². The van der Waals surface area contributed by atoms with E-state index >= 15 is 0 Å². The lowest BCUT2D eigenvalue weighted by molar-refractivity contribution is -0.0239. The molecule has 1 saturated heterocycles. The minimum atomic E-state index is 0.197. The average molecular weight is 275 g/mol. The second-order valence-corrected chi connectivity index (χ2v) is 5.77. The molecule has 2 aliphatic rings. The van der Waals surface area contributed by atoms with Crippen LogP contribution in [0.4, 0.5) is 0 Å². The second kappa shape index (κ2) is 6.70. The van der Waals surface area contributed by atoms with E-state index < -0.39 is 0 Å². The van der Waals surface area contributed by atoms with Gasteiger partial charge < -0.3 is 14.8 Å². The predicted octanol–water partition coefficient (Wildman–Crippen LogP) is 2.71. The second-order valence-electron chi connectivity index (χ2n) is 5.77. The van der Waals surface area contributed by atoms with Gasteiger partial charge in [0.05, 0.1) is 12.7 Å². The SMILES string of the molecule is CCNC(C1CCOCC1)C1OCCc2ccccc21. The van der Waals surface area contributed by atoms with E-state index in [4.69, 9.17) is 9.47 Å². The van der Waals surface area contributed by atoms with Crippen LogP contribution >= 0.6 is 0 Å². The fraction of sp³-hybridized carbons (Fsp3) is 0.647. The quantitative estimate of drug-likeness (QED) is 0.916.